The lowest BCUT2D eigenvalue weighted by Crippen LogP contribution is -2.22. The smallest absolute Gasteiger partial charge is 0.123 e. The van der Waals surface area contributed by atoms with Gasteiger partial charge < -0.3 is 5.32 Å². The van der Waals surface area contributed by atoms with Crippen molar-refractivity contribution < 1.29 is 4.39 Å². The van der Waals surface area contributed by atoms with Crippen LogP contribution >= 0.6 is 43.2 Å². The van der Waals surface area contributed by atoms with Crippen LogP contribution in [0.2, 0.25) is 0 Å². The molecule has 0 spiro atoms. The van der Waals surface area contributed by atoms with Crippen molar-refractivity contribution in [2.24, 2.45) is 0 Å². The Morgan fingerprint density at radius 3 is 2.47 bits per heavy atom. The van der Waals surface area contributed by atoms with Gasteiger partial charge in [-0.15, -0.1) is 11.3 Å². The summed E-state index contributed by atoms with van der Waals surface area (Å²) in [6, 6.07) is 8.90. The van der Waals surface area contributed by atoms with Crippen LogP contribution in [0.3, 0.4) is 0 Å². The molecule has 0 radical (unpaired) electrons. The van der Waals surface area contributed by atoms with Crippen molar-refractivity contribution in [2.75, 3.05) is 6.54 Å². The van der Waals surface area contributed by atoms with Crippen molar-refractivity contribution >= 4 is 43.2 Å². The molecule has 1 heterocycles. The standard InChI is InChI=1S/C14H14Br2FNS/c1-2-7-18-13(9-3-5-10(17)6-4-9)12-8-11(15)14(16)19-12/h3-6,8,13,18H,2,7H2,1H3. The van der Waals surface area contributed by atoms with Gasteiger partial charge in [0.2, 0.25) is 0 Å². The third-order valence-corrected chi connectivity index (χ3v) is 6.07. The summed E-state index contributed by atoms with van der Waals surface area (Å²) in [5, 5.41) is 3.51. The maximum absolute atomic E-state index is 13.0. The largest absolute Gasteiger partial charge is 0.306 e. The van der Waals surface area contributed by atoms with Crippen molar-refractivity contribution in [3.8, 4) is 0 Å². The van der Waals surface area contributed by atoms with E-state index in [0.29, 0.717) is 0 Å². The molecule has 5 heteroatoms. The van der Waals surface area contributed by atoms with Crippen LogP contribution in [-0.4, -0.2) is 6.54 Å². The van der Waals surface area contributed by atoms with Crippen LogP contribution in [-0.2, 0) is 0 Å². The fraction of sp³-hybridized carbons (Fsp3) is 0.286. The molecular formula is C14H14Br2FNS. The Hall–Kier alpha value is -0.230. The highest BCUT2D eigenvalue weighted by atomic mass is 79.9. The Morgan fingerprint density at radius 1 is 1.26 bits per heavy atom. The lowest BCUT2D eigenvalue weighted by molar-refractivity contribution is 0.599. The van der Waals surface area contributed by atoms with E-state index < -0.39 is 0 Å². The molecule has 102 valence electrons. The van der Waals surface area contributed by atoms with Crippen LogP contribution in [0.25, 0.3) is 0 Å². The van der Waals surface area contributed by atoms with Crippen molar-refractivity contribution in [1.29, 1.82) is 0 Å². The predicted molar refractivity (Wildman–Crippen MR) is 86.3 cm³/mol. The van der Waals surface area contributed by atoms with E-state index in [1.54, 1.807) is 11.3 Å². The first-order chi connectivity index (χ1) is 9.11. The summed E-state index contributed by atoms with van der Waals surface area (Å²) in [5.41, 5.74) is 1.08. The number of benzene rings is 1. The first-order valence-electron chi connectivity index (χ1n) is 6.05. The molecule has 1 N–H and O–H groups in total. The highest BCUT2D eigenvalue weighted by Gasteiger charge is 2.17. The zero-order valence-electron chi connectivity index (χ0n) is 10.4. The van der Waals surface area contributed by atoms with Gasteiger partial charge in [0.15, 0.2) is 0 Å². The lowest BCUT2D eigenvalue weighted by atomic mass is 10.1. The zero-order valence-corrected chi connectivity index (χ0v) is 14.4. The van der Waals surface area contributed by atoms with Crippen LogP contribution < -0.4 is 5.32 Å². The van der Waals surface area contributed by atoms with E-state index in [1.807, 2.05) is 12.1 Å². The second-order valence-electron chi connectivity index (χ2n) is 4.21. The van der Waals surface area contributed by atoms with Crippen molar-refractivity contribution in [2.45, 2.75) is 19.4 Å². The van der Waals surface area contributed by atoms with Crippen molar-refractivity contribution in [1.82, 2.24) is 5.32 Å². The molecule has 0 amide bonds. The van der Waals surface area contributed by atoms with Gasteiger partial charge in [0.25, 0.3) is 0 Å². The number of halogens is 3. The van der Waals surface area contributed by atoms with E-state index in [4.69, 9.17) is 0 Å². The van der Waals surface area contributed by atoms with Gasteiger partial charge in [-0.25, -0.2) is 4.39 Å². The summed E-state index contributed by atoms with van der Waals surface area (Å²) in [7, 11) is 0. The summed E-state index contributed by atoms with van der Waals surface area (Å²) in [6.07, 6.45) is 1.06. The molecule has 0 aliphatic rings. The third-order valence-electron chi connectivity index (χ3n) is 2.75. The normalized spacial score (nSPS) is 12.6. The molecule has 0 saturated heterocycles. The Kier molecular flexibility index (Phi) is 5.57. The van der Waals surface area contributed by atoms with Gasteiger partial charge in [-0.05, 0) is 68.6 Å². The Bertz CT molecular complexity index is 519. The van der Waals surface area contributed by atoms with Crippen LogP contribution in [0, 0.1) is 5.82 Å². The molecule has 19 heavy (non-hydrogen) atoms. The molecule has 2 rings (SSSR count). The van der Waals surface area contributed by atoms with Gasteiger partial charge in [0, 0.05) is 9.35 Å². The SMILES string of the molecule is CCCNC(c1ccc(F)cc1)c1cc(Br)c(Br)s1. The summed E-state index contributed by atoms with van der Waals surface area (Å²) in [6.45, 7) is 3.06. The van der Waals surface area contributed by atoms with E-state index in [9.17, 15) is 4.39 Å². The molecule has 0 saturated carbocycles. The van der Waals surface area contributed by atoms with Gasteiger partial charge >= 0.3 is 0 Å². The highest BCUT2D eigenvalue weighted by Crippen LogP contribution is 2.37. The molecule has 0 fully saturated rings. The Morgan fingerprint density at radius 2 is 1.95 bits per heavy atom. The average molecular weight is 407 g/mol. The van der Waals surface area contributed by atoms with Gasteiger partial charge in [-0.1, -0.05) is 19.1 Å². The molecule has 1 aromatic carbocycles. The van der Waals surface area contributed by atoms with Crippen molar-refractivity contribution in [3.05, 3.63) is 54.8 Å². The monoisotopic (exact) mass is 405 g/mol. The highest BCUT2D eigenvalue weighted by molar-refractivity contribution is 9.13. The van der Waals surface area contributed by atoms with E-state index in [0.717, 1.165) is 26.8 Å². The van der Waals surface area contributed by atoms with E-state index >= 15 is 0 Å². The second-order valence-corrected chi connectivity index (χ2v) is 7.47. The van der Waals surface area contributed by atoms with E-state index in [2.05, 4.69) is 50.2 Å². The number of hydrogen-bond acceptors (Lipinski definition) is 2. The van der Waals surface area contributed by atoms with Crippen molar-refractivity contribution in [3.63, 3.8) is 0 Å². The molecular weight excluding hydrogens is 393 g/mol. The maximum Gasteiger partial charge on any atom is 0.123 e. The number of nitrogens with one attached hydrogen (secondary N) is 1. The minimum atomic E-state index is -0.202. The van der Waals surface area contributed by atoms with Gasteiger partial charge in [-0.2, -0.15) is 0 Å². The zero-order chi connectivity index (χ0) is 13.8. The average Bonchev–Trinajstić information content (AvgIpc) is 2.72. The fourth-order valence-corrected chi connectivity index (χ4v) is 4.03. The molecule has 0 aliphatic heterocycles. The van der Waals surface area contributed by atoms with Gasteiger partial charge in [0.05, 0.1) is 9.83 Å². The summed E-state index contributed by atoms with van der Waals surface area (Å²) in [4.78, 5) is 1.21. The molecule has 1 nitrogen and oxygen atoms in total. The number of rotatable bonds is 5. The first-order valence-corrected chi connectivity index (χ1v) is 8.45. The third kappa shape index (κ3) is 3.88. The molecule has 1 atom stereocenters. The Balaban J connectivity index is 2.32. The topological polar surface area (TPSA) is 12.0 Å². The number of thiophene rings is 1. The molecule has 1 aromatic heterocycles. The molecule has 0 aliphatic carbocycles. The van der Waals surface area contributed by atoms with Crippen LogP contribution in [0.4, 0.5) is 4.39 Å². The van der Waals surface area contributed by atoms with Crippen LogP contribution in [0.5, 0.6) is 0 Å². The maximum atomic E-state index is 13.0. The van der Waals surface area contributed by atoms with E-state index in [-0.39, 0.29) is 11.9 Å². The number of hydrogen-bond donors (Lipinski definition) is 1. The fourth-order valence-electron chi connectivity index (χ4n) is 1.83. The lowest BCUT2D eigenvalue weighted by Gasteiger charge is -2.17. The first kappa shape index (κ1) is 15.2. The van der Waals surface area contributed by atoms with Gasteiger partial charge in [0.1, 0.15) is 5.82 Å². The Labute approximate surface area is 133 Å². The second kappa shape index (κ2) is 6.97. The van der Waals surface area contributed by atoms with Crippen LogP contribution in [0.15, 0.2) is 38.6 Å². The van der Waals surface area contributed by atoms with E-state index in [1.165, 1.54) is 17.0 Å². The summed E-state index contributed by atoms with van der Waals surface area (Å²) in [5.74, 6) is -0.202. The minimum absolute atomic E-state index is 0.105. The summed E-state index contributed by atoms with van der Waals surface area (Å²) >= 11 is 8.72. The minimum Gasteiger partial charge on any atom is -0.306 e. The molecule has 2 aromatic rings. The molecule has 0 bridgehead atoms. The molecule has 1 unspecified atom stereocenters. The predicted octanol–water partition coefficient (Wildman–Crippen LogP) is 5.50. The summed E-state index contributed by atoms with van der Waals surface area (Å²) < 4.78 is 15.2. The van der Waals surface area contributed by atoms with Gasteiger partial charge in [-0.3, -0.25) is 0 Å². The quantitative estimate of drug-likeness (QED) is 0.690. The van der Waals surface area contributed by atoms with Crippen LogP contribution in [0.1, 0.15) is 29.8 Å².